The van der Waals surface area contributed by atoms with Gasteiger partial charge < -0.3 is 9.73 Å². The fourth-order valence-electron chi connectivity index (χ4n) is 2.58. The lowest BCUT2D eigenvalue weighted by Gasteiger charge is -1.97. The summed E-state index contributed by atoms with van der Waals surface area (Å²) in [4.78, 5) is 27.4. The Balaban J connectivity index is 1.52. The topological polar surface area (TPSA) is 97.7 Å². The van der Waals surface area contributed by atoms with Crippen molar-refractivity contribution in [1.29, 1.82) is 0 Å². The van der Waals surface area contributed by atoms with Gasteiger partial charge in [-0.2, -0.15) is 0 Å². The number of furan rings is 1. The van der Waals surface area contributed by atoms with E-state index in [4.69, 9.17) is 4.42 Å². The van der Waals surface area contributed by atoms with Crippen LogP contribution in [0.15, 0.2) is 79.5 Å². The number of carbonyl (C=O) groups excluding carboxylic acids is 1. The van der Waals surface area contributed by atoms with Crippen molar-refractivity contribution in [3.05, 3.63) is 85.9 Å². The first-order valence-corrected chi connectivity index (χ1v) is 9.99. The average Bonchev–Trinajstić information content (AvgIpc) is 3.31. The number of thioether (sulfide) groups is 1. The maximum Gasteiger partial charge on any atom is 0.269 e. The Bertz CT molecular complexity index is 1150. The minimum atomic E-state index is -0.453. The van der Waals surface area contributed by atoms with Crippen molar-refractivity contribution < 1.29 is 14.1 Å². The van der Waals surface area contributed by atoms with E-state index in [9.17, 15) is 14.9 Å². The molecular formula is C20H12BrN3O4S. The smallest absolute Gasteiger partial charge is 0.269 e. The van der Waals surface area contributed by atoms with Crippen LogP contribution < -0.4 is 5.32 Å². The highest BCUT2D eigenvalue weighted by atomic mass is 79.9. The molecule has 1 N–H and O–H groups in total. The lowest BCUT2D eigenvalue weighted by molar-refractivity contribution is -0.384. The van der Waals surface area contributed by atoms with Crippen molar-refractivity contribution >= 4 is 56.2 Å². The molecule has 1 aliphatic heterocycles. The Morgan fingerprint density at radius 2 is 1.79 bits per heavy atom. The lowest BCUT2D eigenvalue weighted by atomic mass is 10.1. The number of benzene rings is 2. The predicted molar refractivity (Wildman–Crippen MR) is 116 cm³/mol. The van der Waals surface area contributed by atoms with Crippen molar-refractivity contribution in [3.8, 4) is 11.3 Å². The van der Waals surface area contributed by atoms with Gasteiger partial charge >= 0.3 is 0 Å². The molecule has 0 aliphatic carbocycles. The van der Waals surface area contributed by atoms with Gasteiger partial charge in [0.1, 0.15) is 11.5 Å². The number of halogens is 1. The molecule has 1 aromatic heterocycles. The number of rotatable bonds is 4. The van der Waals surface area contributed by atoms with Gasteiger partial charge in [0.2, 0.25) is 0 Å². The summed E-state index contributed by atoms with van der Waals surface area (Å²) in [5.41, 5.74) is 1.45. The zero-order valence-electron chi connectivity index (χ0n) is 14.7. The van der Waals surface area contributed by atoms with Crippen LogP contribution in [-0.4, -0.2) is 16.0 Å². The van der Waals surface area contributed by atoms with Crippen LogP contribution in [0.2, 0.25) is 0 Å². The SMILES string of the molecule is O=C1NC(=Nc2ccc(Br)cc2)S/C1=C\c1ccc(-c2ccc([N+](=O)[O-])cc2)o1. The number of hydrogen-bond acceptors (Lipinski definition) is 6. The first kappa shape index (κ1) is 19.2. The minimum Gasteiger partial charge on any atom is -0.457 e. The number of nitro benzene ring substituents is 1. The largest absolute Gasteiger partial charge is 0.457 e. The van der Waals surface area contributed by atoms with Crippen LogP contribution in [0.3, 0.4) is 0 Å². The van der Waals surface area contributed by atoms with Gasteiger partial charge in [0.25, 0.3) is 11.6 Å². The van der Waals surface area contributed by atoms with E-state index in [2.05, 4.69) is 26.2 Å². The number of nitrogens with zero attached hydrogens (tertiary/aromatic N) is 2. The molecule has 4 rings (SSSR count). The molecule has 2 aromatic carbocycles. The molecule has 144 valence electrons. The van der Waals surface area contributed by atoms with Crippen LogP contribution in [0.25, 0.3) is 17.4 Å². The summed E-state index contributed by atoms with van der Waals surface area (Å²) in [6.45, 7) is 0. The third-order valence-corrected chi connectivity index (χ3v) is 5.41. The van der Waals surface area contributed by atoms with E-state index < -0.39 is 4.92 Å². The third-order valence-electron chi connectivity index (χ3n) is 3.97. The first-order chi connectivity index (χ1) is 14.0. The number of nitro groups is 1. The maximum atomic E-state index is 12.2. The molecule has 0 radical (unpaired) electrons. The number of amidine groups is 1. The minimum absolute atomic E-state index is 0.0132. The molecule has 1 aliphatic rings. The van der Waals surface area contributed by atoms with Crippen molar-refractivity contribution in [2.45, 2.75) is 0 Å². The lowest BCUT2D eigenvalue weighted by Crippen LogP contribution is -2.19. The van der Waals surface area contributed by atoms with Crippen LogP contribution >= 0.6 is 27.7 Å². The molecule has 3 aromatic rings. The van der Waals surface area contributed by atoms with Crippen molar-refractivity contribution in [3.63, 3.8) is 0 Å². The summed E-state index contributed by atoms with van der Waals surface area (Å²) in [6.07, 6.45) is 1.64. The van der Waals surface area contributed by atoms with Crippen molar-refractivity contribution in [2.24, 2.45) is 4.99 Å². The summed E-state index contributed by atoms with van der Waals surface area (Å²) in [5, 5.41) is 14.0. The van der Waals surface area contributed by atoms with Gasteiger partial charge in [-0.25, -0.2) is 4.99 Å². The van der Waals surface area contributed by atoms with Crippen LogP contribution in [0.5, 0.6) is 0 Å². The van der Waals surface area contributed by atoms with Gasteiger partial charge in [-0.1, -0.05) is 15.9 Å². The molecule has 29 heavy (non-hydrogen) atoms. The number of hydrogen-bond donors (Lipinski definition) is 1. The monoisotopic (exact) mass is 469 g/mol. The fraction of sp³-hybridized carbons (Fsp3) is 0. The molecule has 1 amide bonds. The summed E-state index contributed by atoms with van der Waals surface area (Å²) >= 11 is 4.60. The Kier molecular flexibility index (Phi) is 5.32. The average molecular weight is 470 g/mol. The molecule has 0 saturated carbocycles. The van der Waals surface area contributed by atoms with E-state index in [0.29, 0.717) is 27.2 Å². The third kappa shape index (κ3) is 4.47. The number of carbonyl (C=O) groups is 1. The van der Waals surface area contributed by atoms with Gasteiger partial charge in [-0.15, -0.1) is 0 Å². The molecule has 0 unspecified atom stereocenters. The van der Waals surface area contributed by atoms with Crippen LogP contribution in [-0.2, 0) is 4.79 Å². The number of amides is 1. The maximum absolute atomic E-state index is 12.2. The van der Waals surface area contributed by atoms with Gasteiger partial charge in [0.05, 0.1) is 15.5 Å². The number of nitrogens with one attached hydrogen (secondary N) is 1. The molecule has 0 atom stereocenters. The highest BCUT2D eigenvalue weighted by molar-refractivity contribution is 9.10. The molecule has 7 nitrogen and oxygen atoms in total. The molecular weight excluding hydrogens is 458 g/mol. The van der Waals surface area contributed by atoms with Crippen molar-refractivity contribution in [1.82, 2.24) is 5.32 Å². The highest BCUT2D eigenvalue weighted by Gasteiger charge is 2.24. The zero-order chi connectivity index (χ0) is 20.4. The molecule has 9 heteroatoms. The fourth-order valence-corrected chi connectivity index (χ4v) is 3.66. The number of non-ortho nitro benzene ring substituents is 1. The Labute approximate surface area is 177 Å². The Morgan fingerprint density at radius 1 is 1.07 bits per heavy atom. The molecule has 2 heterocycles. The van der Waals surface area contributed by atoms with E-state index >= 15 is 0 Å². The summed E-state index contributed by atoms with van der Waals surface area (Å²) < 4.78 is 6.71. The predicted octanol–water partition coefficient (Wildman–Crippen LogP) is 5.51. The van der Waals surface area contributed by atoms with Crippen LogP contribution in [0.1, 0.15) is 5.76 Å². The normalized spacial score (nSPS) is 16.4. The van der Waals surface area contributed by atoms with Gasteiger partial charge in [0, 0.05) is 28.2 Å². The summed E-state index contributed by atoms with van der Waals surface area (Å²) in [6, 6.07) is 17.0. The molecule has 0 spiro atoms. The molecule has 1 saturated heterocycles. The standard InChI is InChI=1S/C20H12BrN3O4S/c21-13-3-5-14(6-4-13)22-20-23-19(25)18(29-20)11-16-9-10-17(28-16)12-1-7-15(8-2-12)24(26)27/h1-11H,(H,22,23,25)/b18-11-. The quantitative estimate of drug-likeness (QED) is 0.308. The first-order valence-electron chi connectivity index (χ1n) is 8.38. The van der Waals surface area contributed by atoms with Crippen LogP contribution in [0.4, 0.5) is 11.4 Å². The zero-order valence-corrected chi connectivity index (χ0v) is 17.1. The van der Waals surface area contributed by atoms with Gasteiger partial charge in [0.15, 0.2) is 5.17 Å². The highest BCUT2D eigenvalue weighted by Crippen LogP contribution is 2.30. The van der Waals surface area contributed by atoms with Crippen molar-refractivity contribution in [2.75, 3.05) is 0 Å². The van der Waals surface area contributed by atoms with Crippen LogP contribution in [0, 0.1) is 10.1 Å². The second-order valence-electron chi connectivity index (χ2n) is 5.96. The molecule has 0 bridgehead atoms. The van der Waals surface area contributed by atoms with E-state index in [1.165, 1.54) is 23.9 Å². The second kappa shape index (κ2) is 8.06. The van der Waals surface area contributed by atoms with E-state index in [-0.39, 0.29) is 11.6 Å². The van der Waals surface area contributed by atoms with Gasteiger partial charge in [-0.3, -0.25) is 14.9 Å². The Hall–Kier alpha value is -3.17. The van der Waals surface area contributed by atoms with E-state index in [1.54, 1.807) is 30.3 Å². The second-order valence-corrected chi connectivity index (χ2v) is 7.91. The molecule has 1 fully saturated rings. The Morgan fingerprint density at radius 3 is 2.48 bits per heavy atom. The summed E-state index contributed by atoms with van der Waals surface area (Å²) in [7, 11) is 0. The van der Waals surface area contributed by atoms with Gasteiger partial charge in [-0.05, 0) is 60.3 Å². The number of aliphatic imine (C=N–C) groups is 1. The van der Waals surface area contributed by atoms with E-state index in [1.807, 2.05) is 24.3 Å². The summed E-state index contributed by atoms with van der Waals surface area (Å²) in [5.74, 6) is 0.805. The van der Waals surface area contributed by atoms with E-state index in [0.717, 1.165) is 10.2 Å².